The SMILES string of the molecule is CN[C@@H](C)C(=O)N[C@H](C(=O)N1CC(=O)N2[C@@H]1CN(CCc1ccccc1)C(=O)[C@@H]2Cc1ccccc1)C1CCCCC1.Cl. The van der Waals surface area contributed by atoms with E-state index in [9.17, 15) is 19.2 Å². The van der Waals surface area contributed by atoms with Gasteiger partial charge in [0.25, 0.3) is 0 Å². The van der Waals surface area contributed by atoms with Crippen LogP contribution in [0.5, 0.6) is 0 Å². The molecule has 10 heteroatoms. The second-order valence-corrected chi connectivity index (χ2v) is 11.9. The second kappa shape index (κ2) is 14.8. The predicted octanol–water partition coefficient (Wildman–Crippen LogP) is 2.77. The minimum atomic E-state index is -0.704. The van der Waals surface area contributed by atoms with Crippen LogP contribution in [0.25, 0.3) is 0 Å². The number of nitrogens with one attached hydrogen (secondary N) is 2. The lowest BCUT2D eigenvalue weighted by Crippen LogP contribution is -2.66. The molecule has 43 heavy (non-hydrogen) atoms. The lowest BCUT2D eigenvalue weighted by Gasteiger charge is -2.45. The van der Waals surface area contributed by atoms with Crippen molar-refractivity contribution >= 4 is 36.0 Å². The Labute approximate surface area is 260 Å². The molecule has 0 radical (unpaired) electrons. The van der Waals surface area contributed by atoms with Crippen molar-refractivity contribution in [2.75, 3.05) is 26.7 Å². The first-order chi connectivity index (χ1) is 20.4. The summed E-state index contributed by atoms with van der Waals surface area (Å²) in [5.74, 6) is -0.747. The molecular formula is C33H44ClN5O4. The van der Waals surface area contributed by atoms with E-state index in [1.807, 2.05) is 65.6 Å². The number of hydrogen-bond acceptors (Lipinski definition) is 5. The third kappa shape index (κ3) is 7.39. The summed E-state index contributed by atoms with van der Waals surface area (Å²) in [7, 11) is 1.72. The lowest BCUT2D eigenvalue weighted by atomic mass is 9.83. The molecule has 0 bridgehead atoms. The molecule has 1 saturated carbocycles. The van der Waals surface area contributed by atoms with Gasteiger partial charge in [0.2, 0.25) is 23.6 Å². The van der Waals surface area contributed by atoms with Gasteiger partial charge in [-0.3, -0.25) is 19.2 Å². The van der Waals surface area contributed by atoms with Crippen LogP contribution in [0.1, 0.15) is 50.2 Å². The molecule has 9 nitrogen and oxygen atoms in total. The monoisotopic (exact) mass is 609 g/mol. The van der Waals surface area contributed by atoms with E-state index in [1.165, 1.54) is 0 Å². The molecule has 3 aliphatic rings. The number of rotatable bonds is 10. The first kappa shape index (κ1) is 32.5. The zero-order valence-electron chi connectivity index (χ0n) is 25.1. The Hall–Kier alpha value is -3.43. The van der Waals surface area contributed by atoms with Crippen molar-refractivity contribution in [2.24, 2.45) is 5.92 Å². The Balaban J connectivity index is 0.00000423. The molecule has 4 atom stereocenters. The molecule has 2 aromatic rings. The fourth-order valence-corrected chi connectivity index (χ4v) is 6.63. The molecule has 0 unspecified atom stereocenters. The average molecular weight is 610 g/mol. The van der Waals surface area contributed by atoms with Gasteiger partial charge in [0.1, 0.15) is 24.8 Å². The van der Waals surface area contributed by atoms with Crippen LogP contribution in [0, 0.1) is 5.92 Å². The number of carbonyl (C=O) groups is 4. The van der Waals surface area contributed by atoms with Gasteiger partial charge < -0.3 is 25.3 Å². The highest BCUT2D eigenvalue weighted by atomic mass is 35.5. The Morgan fingerprint density at radius 1 is 0.930 bits per heavy atom. The van der Waals surface area contributed by atoms with Crippen molar-refractivity contribution < 1.29 is 19.2 Å². The summed E-state index contributed by atoms with van der Waals surface area (Å²) in [5.41, 5.74) is 2.09. The van der Waals surface area contributed by atoms with E-state index in [0.717, 1.165) is 43.2 Å². The summed E-state index contributed by atoms with van der Waals surface area (Å²) in [5, 5.41) is 6.00. The molecule has 3 fully saturated rings. The average Bonchev–Trinajstić information content (AvgIpc) is 3.36. The number of fused-ring (bicyclic) bond motifs is 1. The van der Waals surface area contributed by atoms with E-state index in [1.54, 1.807) is 23.8 Å². The standard InChI is InChI=1S/C33H43N5O4.ClH/c1-23(34-2)31(40)35-30(26-16-10-5-11-17-26)33(42)37-22-29(39)38-27(20-25-14-8-4-9-15-25)32(41)36(21-28(37)38)19-18-24-12-6-3-7-13-24;/h3-4,6-9,12-15,23,26-28,30,34H,5,10-11,16-22H2,1-2H3,(H,35,40);1H/t23-,27-,28+,30-;/m0./s1. The number of piperazine rings is 1. The number of benzene rings is 2. The molecule has 2 saturated heterocycles. The van der Waals surface area contributed by atoms with Gasteiger partial charge in [-0.05, 0) is 50.3 Å². The number of hydrogen-bond donors (Lipinski definition) is 2. The van der Waals surface area contributed by atoms with Crippen LogP contribution in [0.3, 0.4) is 0 Å². The highest BCUT2D eigenvalue weighted by Gasteiger charge is 2.52. The molecule has 1 aliphatic carbocycles. The maximum atomic E-state index is 14.3. The van der Waals surface area contributed by atoms with Crippen molar-refractivity contribution in [1.29, 1.82) is 0 Å². The lowest BCUT2D eigenvalue weighted by molar-refractivity contribution is -0.156. The third-order valence-corrected chi connectivity index (χ3v) is 9.17. The van der Waals surface area contributed by atoms with Crippen molar-refractivity contribution in [3.8, 4) is 0 Å². The zero-order chi connectivity index (χ0) is 29.6. The Bertz CT molecular complexity index is 1260. The minimum Gasteiger partial charge on any atom is -0.343 e. The van der Waals surface area contributed by atoms with Gasteiger partial charge in [0.05, 0.1) is 12.6 Å². The van der Waals surface area contributed by atoms with Gasteiger partial charge in [-0.15, -0.1) is 12.4 Å². The summed E-state index contributed by atoms with van der Waals surface area (Å²) >= 11 is 0. The smallest absolute Gasteiger partial charge is 0.247 e. The molecule has 2 N–H and O–H groups in total. The van der Waals surface area contributed by atoms with E-state index >= 15 is 0 Å². The van der Waals surface area contributed by atoms with Gasteiger partial charge in [0, 0.05) is 13.0 Å². The van der Waals surface area contributed by atoms with E-state index in [2.05, 4.69) is 10.6 Å². The quantitative estimate of drug-likeness (QED) is 0.431. The van der Waals surface area contributed by atoms with E-state index in [0.29, 0.717) is 19.4 Å². The Kier molecular flexibility index (Phi) is 11.2. The highest BCUT2D eigenvalue weighted by Crippen LogP contribution is 2.32. The van der Waals surface area contributed by atoms with Crippen LogP contribution in [0.2, 0.25) is 0 Å². The van der Waals surface area contributed by atoms with Crippen LogP contribution in [-0.2, 0) is 32.0 Å². The van der Waals surface area contributed by atoms with Gasteiger partial charge >= 0.3 is 0 Å². The van der Waals surface area contributed by atoms with Crippen molar-refractivity contribution in [2.45, 2.75) is 76.2 Å². The summed E-state index contributed by atoms with van der Waals surface area (Å²) in [6, 6.07) is 17.9. The van der Waals surface area contributed by atoms with Crippen molar-refractivity contribution in [1.82, 2.24) is 25.3 Å². The fourth-order valence-electron chi connectivity index (χ4n) is 6.63. The first-order valence-electron chi connectivity index (χ1n) is 15.3. The summed E-state index contributed by atoms with van der Waals surface area (Å²) in [6.45, 7) is 2.43. The van der Waals surface area contributed by atoms with Crippen LogP contribution in [0.15, 0.2) is 60.7 Å². The number of carbonyl (C=O) groups excluding carboxylic acids is 4. The highest BCUT2D eigenvalue weighted by molar-refractivity contribution is 5.97. The molecule has 0 aromatic heterocycles. The van der Waals surface area contributed by atoms with E-state index in [-0.39, 0.29) is 55.0 Å². The molecule has 2 aliphatic heterocycles. The molecule has 232 valence electrons. The molecular weight excluding hydrogens is 566 g/mol. The Morgan fingerprint density at radius 2 is 1.56 bits per heavy atom. The Morgan fingerprint density at radius 3 is 2.19 bits per heavy atom. The van der Waals surface area contributed by atoms with Gasteiger partial charge in [-0.1, -0.05) is 79.9 Å². The van der Waals surface area contributed by atoms with Gasteiger partial charge in [0.15, 0.2) is 0 Å². The number of halogens is 1. The van der Waals surface area contributed by atoms with Crippen LogP contribution >= 0.6 is 12.4 Å². The molecule has 5 rings (SSSR count). The van der Waals surface area contributed by atoms with Crippen molar-refractivity contribution in [3.63, 3.8) is 0 Å². The van der Waals surface area contributed by atoms with Crippen LogP contribution < -0.4 is 10.6 Å². The van der Waals surface area contributed by atoms with Crippen LogP contribution in [0.4, 0.5) is 0 Å². The van der Waals surface area contributed by atoms with Gasteiger partial charge in [-0.2, -0.15) is 0 Å². The number of amides is 4. The third-order valence-electron chi connectivity index (χ3n) is 9.17. The summed E-state index contributed by atoms with van der Waals surface area (Å²) in [6.07, 6.45) is 5.37. The summed E-state index contributed by atoms with van der Waals surface area (Å²) in [4.78, 5) is 59.9. The normalized spacial score (nSPS) is 22.0. The number of nitrogens with zero attached hydrogens (tertiary/aromatic N) is 3. The zero-order valence-corrected chi connectivity index (χ0v) is 25.9. The minimum absolute atomic E-state index is 0. The van der Waals surface area contributed by atoms with Gasteiger partial charge in [-0.25, -0.2) is 0 Å². The maximum Gasteiger partial charge on any atom is 0.247 e. The van der Waals surface area contributed by atoms with E-state index in [4.69, 9.17) is 0 Å². The number of likely N-dealkylation sites (N-methyl/N-ethyl adjacent to an activating group) is 1. The van der Waals surface area contributed by atoms with E-state index < -0.39 is 24.3 Å². The molecule has 0 spiro atoms. The van der Waals surface area contributed by atoms with Crippen LogP contribution in [-0.4, -0.2) is 89.3 Å². The molecule has 2 aromatic carbocycles. The fraction of sp³-hybridized carbons (Fsp3) is 0.515. The molecule has 2 heterocycles. The predicted molar refractivity (Wildman–Crippen MR) is 167 cm³/mol. The van der Waals surface area contributed by atoms with Crippen molar-refractivity contribution in [3.05, 3.63) is 71.8 Å². The maximum absolute atomic E-state index is 14.3. The first-order valence-corrected chi connectivity index (χ1v) is 15.3. The summed E-state index contributed by atoms with van der Waals surface area (Å²) < 4.78 is 0. The topological polar surface area (TPSA) is 102 Å². The molecule has 4 amide bonds. The largest absolute Gasteiger partial charge is 0.343 e. The second-order valence-electron chi connectivity index (χ2n) is 11.9.